The Morgan fingerprint density at radius 3 is 2.20 bits per heavy atom. The first-order valence-corrected chi connectivity index (χ1v) is 10.6. The molecule has 1 heterocycles. The number of rotatable bonds is 5. The second-order valence-corrected chi connectivity index (χ2v) is 8.48. The van der Waals surface area contributed by atoms with Gasteiger partial charge in [-0.25, -0.2) is 0 Å². The van der Waals surface area contributed by atoms with Gasteiger partial charge in [0.1, 0.15) is 16.9 Å². The summed E-state index contributed by atoms with van der Waals surface area (Å²) in [5, 5.41) is 2.50. The van der Waals surface area contributed by atoms with Gasteiger partial charge in [0.15, 0.2) is 0 Å². The molecule has 6 heteroatoms. The number of para-hydroxylation sites is 1. The number of hydrogen-bond acceptors (Lipinski definition) is 4. The summed E-state index contributed by atoms with van der Waals surface area (Å²) >= 11 is 1.62. The number of ether oxygens (including phenoxy) is 1. The van der Waals surface area contributed by atoms with Gasteiger partial charge < -0.3 is 10.1 Å². The van der Waals surface area contributed by atoms with E-state index >= 15 is 0 Å². The number of nitrogens with one attached hydrogen (secondary N) is 1. The Hall–Kier alpha value is -3.25. The van der Waals surface area contributed by atoms with Crippen molar-refractivity contribution in [3.8, 4) is 11.5 Å². The minimum atomic E-state index is -0.134. The van der Waals surface area contributed by atoms with Crippen molar-refractivity contribution in [3.63, 3.8) is 0 Å². The van der Waals surface area contributed by atoms with Crippen molar-refractivity contribution in [1.29, 1.82) is 0 Å². The van der Waals surface area contributed by atoms with Gasteiger partial charge in [-0.05, 0) is 61.0 Å². The first-order valence-electron chi connectivity index (χ1n) is 9.70. The van der Waals surface area contributed by atoms with Crippen LogP contribution in [0.5, 0.6) is 11.5 Å². The molecule has 1 aliphatic heterocycles. The molecule has 0 bridgehead atoms. The highest BCUT2D eigenvalue weighted by atomic mass is 32.2. The van der Waals surface area contributed by atoms with Crippen molar-refractivity contribution in [3.05, 3.63) is 84.4 Å². The summed E-state index contributed by atoms with van der Waals surface area (Å²) in [7, 11) is 0. The Kier molecular flexibility index (Phi) is 5.77. The molecule has 0 aromatic heterocycles. The van der Waals surface area contributed by atoms with E-state index in [1.165, 1.54) is 6.92 Å². The van der Waals surface area contributed by atoms with Crippen molar-refractivity contribution in [1.82, 2.24) is 0 Å². The molecule has 1 fully saturated rings. The molecule has 1 N–H and O–H groups in total. The normalized spacial score (nSPS) is 18.3. The average molecular weight is 419 g/mol. The van der Waals surface area contributed by atoms with Crippen molar-refractivity contribution in [2.75, 3.05) is 10.2 Å². The largest absolute Gasteiger partial charge is 0.457 e. The SMILES string of the molecule is CC(=O)Nc1ccc(N2C(=O)[C@H](C)S[C@H]2c2ccc(Oc3ccccc3)cc2)cc1. The Labute approximate surface area is 180 Å². The number of nitrogens with zero attached hydrogens (tertiary/aromatic N) is 1. The first kappa shape index (κ1) is 20.0. The monoisotopic (exact) mass is 418 g/mol. The molecule has 2 atom stereocenters. The van der Waals surface area contributed by atoms with E-state index in [1.54, 1.807) is 11.8 Å². The minimum Gasteiger partial charge on any atom is -0.457 e. The van der Waals surface area contributed by atoms with Crippen molar-refractivity contribution in [2.45, 2.75) is 24.5 Å². The van der Waals surface area contributed by atoms with Crippen molar-refractivity contribution >= 4 is 35.0 Å². The van der Waals surface area contributed by atoms with E-state index in [2.05, 4.69) is 5.32 Å². The third kappa shape index (κ3) is 4.33. The second-order valence-electron chi connectivity index (χ2n) is 7.05. The predicted octanol–water partition coefficient (Wildman–Crippen LogP) is 5.60. The van der Waals surface area contributed by atoms with Crippen molar-refractivity contribution < 1.29 is 14.3 Å². The number of anilines is 2. The molecule has 0 spiro atoms. The van der Waals surface area contributed by atoms with Crippen LogP contribution in [0.2, 0.25) is 0 Å². The molecule has 3 aromatic rings. The topological polar surface area (TPSA) is 58.6 Å². The fourth-order valence-corrected chi connectivity index (χ4v) is 4.63. The fourth-order valence-electron chi connectivity index (χ4n) is 3.35. The Morgan fingerprint density at radius 1 is 0.933 bits per heavy atom. The number of carbonyl (C=O) groups is 2. The van der Waals surface area contributed by atoms with Crippen LogP contribution in [0.15, 0.2) is 78.9 Å². The van der Waals surface area contributed by atoms with E-state index in [0.717, 1.165) is 22.7 Å². The highest BCUT2D eigenvalue weighted by molar-refractivity contribution is 8.01. The summed E-state index contributed by atoms with van der Waals surface area (Å²) in [6.07, 6.45) is 0. The molecule has 4 rings (SSSR count). The van der Waals surface area contributed by atoms with E-state index in [9.17, 15) is 9.59 Å². The Balaban J connectivity index is 1.56. The van der Waals surface area contributed by atoms with Crippen molar-refractivity contribution in [2.24, 2.45) is 0 Å². The maximum atomic E-state index is 12.9. The van der Waals surface area contributed by atoms with Gasteiger partial charge in [-0.15, -0.1) is 11.8 Å². The second kappa shape index (κ2) is 8.63. The van der Waals surface area contributed by atoms with E-state index < -0.39 is 0 Å². The van der Waals surface area contributed by atoms with E-state index in [4.69, 9.17) is 4.74 Å². The highest BCUT2D eigenvalue weighted by Gasteiger charge is 2.39. The molecule has 1 aliphatic rings. The molecule has 3 aromatic carbocycles. The highest BCUT2D eigenvalue weighted by Crippen LogP contribution is 2.45. The maximum Gasteiger partial charge on any atom is 0.241 e. The van der Waals surface area contributed by atoms with Crippen LogP contribution in [0.1, 0.15) is 24.8 Å². The number of benzene rings is 3. The van der Waals surface area contributed by atoms with Crippen LogP contribution in [0.4, 0.5) is 11.4 Å². The van der Waals surface area contributed by atoms with Gasteiger partial charge in [-0.2, -0.15) is 0 Å². The molecule has 152 valence electrons. The number of amides is 2. The molecule has 0 saturated carbocycles. The average Bonchev–Trinajstić information content (AvgIpc) is 3.04. The molecule has 5 nitrogen and oxygen atoms in total. The van der Waals surface area contributed by atoms with E-state index in [0.29, 0.717) is 5.69 Å². The van der Waals surface area contributed by atoms with Gasteiger partial charge in [0.05, 0.1) is 5.25 Å². The molecule has 30 heavy (non-hydrogen) atoms. The van der Waals surface area contributed by atoms with Crippen LogP contribution in [0.3, 0.4) is 0 Å². The zero-order chi connectivity index (χ0) is 21.1. The predicted molar refractivity (Wildman–Crippen MR) is 121 cm³/mol. The minimum absolute atomic E-state index is 0.0712. The molecular weight excluding hydrogens is 396 g/mol. The smallest absolute Gasteiger partial charge is 0.241 e. The summed E-state index contributed by atoms with van der Waals surface area (Å²) in [4.78, 5) is 25.9. The van der Waals surface area contributed by atoms with Crippen LogP contribution in [0, 0.1) is 0 Å². The lowest BCUT2D eigenvalue weighted by molar-refractivity contribution is -0.117. The summed E-state index contributed by atoms with van der Waals surface area (Å²) in [6, 6.07) is 24.8. The molecule has 0 aliphatic carbocycles. The molecule has 2 amide bonds. The quantitative estimate of drug-likeness (QED) is 0.586. The Bertz CT molecular complexity index is 1040. The standard InChI is InChI=1S/C24H22N2O3S/c1-16-23(28)26(20-12-10-19(11-13-20)25-17(2)27)24(30-16)18-8-14-22(15-9-18)29-21-6-4-3-5-7-21/h3-16,24H,1-2H3,(H,25,27)/t16-,24-/m0/s1. The molecule has 0 unspecified atom stereocenters. The van der Waals surface area contributed by atoms with Crippen LogP contribution < -0.4 is 15.0 Å². The van der Waals surface area contributed by atoms with Gasteiger partial charge in [-0.3, -0.25) is 14.5 Å². The lowest BCUT2D eigenvalue weighted by Crippen LogP contribution is -2.30. The van der Waals surface area contributed by atoms with Crippen LogP contribution in [-0.4, -0.2) is 17.1 Å². The van der Waals surface area contributed by atoms with Gasteiger partial charge in [0.25, 0.3) is 0 Å². The van der Waals surface area contributed by atoms with Gasteiger partial charge in [-0.1, -0.05) is 30.3 Å². The molecule has 1 saturated heterocycles. The van der Waals surface area contributed by atoms with E-state index in [1.807, 2.05) is 90.7 Å². The summed E-state index contributed by atoms with van der Waals surface area (Å²) in [5.41, 5.74) is 2.54. The third-order valence-electron chi connectivity index (χ3n) is 4.76. The zero-order valence-corrected chi connectivity index (χ0v) is 17.6. The zero-order valence-electron chi connectivity index (χ0n) is 16.7. The van der Waals surface area contributed by atoms with E-state index in [-0.39, 0.29) is 22.4 Å². The Morgan fingerprint density at radius 2 is 1.57 bits per heavy atom. The van der Waals surface area contributed by atoms with Crippen LogP contribution in [-0.2, 0) is 9.59 Å². The number of thioether (sulfide) groups is 1. The van der Waals surface area contributed by atoms with Gasteiger partial charge in [0.2, 0.25) is 11.8 Å². The fraction of sp³-hybridized carbons (Fsp3) is 0.167. The van der Waals surface area contributed by atoms with Gasteiger partial charge >= 0.3 is 0 Å². The summed E-state index contributed by atoms with van der Waals surface area (Å²) in [6.45, 7) is 3.40. The summed E-state index contributed by atoms with van der Waals surface area (Å²) < 4.78 is 5.87. The lowest BCUT2D eigenvalue weighted by atomic mass is 10.1. The third-order valence-corrected chi connectivity index (χ3v) is 6.11. The molecular formula is C24H22N2O3S. The number of hydrogen-bond donors (Lipinski definition) is 1. The molecule has 0 radical (unpaired) electrons. The number of carbonyl (C=O) groups excluding carboxylic acids is 2. The van der Waals surface area contributed by atoms with Crippen LogP contribution in [0.25, 0.3) is 0 Å². The van der Waals surface area contributed by atoms with Crippen LogP contribution >= 0.6 is 11.8 Å². The first-order chi connectivity index (χ1) is 14.5. The maximum absolute atomic E-state index is 12.9. The van der Waals surface area contributed by atoms with Gasteiger partial charge in [0, 0.05) is 18.3 Å². The summed E-state index contributed by atoms with van der Waals surface area (Å²) in [5.74, 6) is 1.48. The lowest BCUT2D eigenvalue weighted by Gasteiger charge is -2.24.